The smallest absolute Gasteiger partial charge is 0.307 e. The van der Waals surface area contributed by atoms with Crippen LogP contribution in [-0.2, 0) is 27.1 Å². The molecule has 0 radical (unpaired) electrons. The number of nitrogens with zero attached hydrogens (tertiary/aromatic N) is 2. The van der Waals surface area contributed by atoms with Gasteiger partial charge in [-0.1, -0.05) is 50.2 Å². The Morgan fingerprint density at radius 2 is 1.77 bits per heavy atom. The number of rotatable bonds is 14. The highest BCUT2D eigenvalue weighted by atomic mass is 31.2. The molecule has 4 N–H and O–H groups in total. The number of aryl methyl sites for hydroxylation is 2. The molecule has 9 nitrogen and oxygen atoms in total. The maximum Gasteiger partial charge on any atom is 0.307 e. The molecule has 4 rings (SSSR count). The number of benzene rings is 3. The molecule has 10 heteroatoms. The van der Waals surface area contributed by atoms with Crippen LogP contribution in [0, 0.1) is 5.41 Å². The van der Waals surface area contributed by atoms with Crippen LogP contribution in [0.3, 0.4) is 0 Å². The van der Waals surface area contributed by atoms with Crippen LogP contribution >= 0.6 is 7.14 Å². The van der Waals surface area contributed by atoms with Crippen molar-refractivity contribution in [1.29, 1.82) is 5.41 Å². The van der Waals surface area contributed by atoms with Crippen LogP contribution in [0.2, 0.25) is 0 Å². The number of esters is 1. The van der Waals surface area contributed by atoms with Crippen molar-refractivity contribution < 1.29 is 18.9 Å². The first-order chi connectivity index (χ1) is 20.7. The van der Waals surface area contributed by atoms with Crippen LogP contribution in [0.4, 0.5) is 0 Å². The van der Waals surface area contributed by atoms with Gasteiger partial charge in [-0.15, -0.1) is 0 Å². The molecule has 43 heavy (non-hydrogen) atoms. The highest BCUT2D eigenvalue weighted by Crippen LogP contribution is 2.44. The summed E-state index contributed by atoms with van der Waals surface area (Å²) >= 11 is 0. The van der Waals surface area contributed by atoms with Crippen molar-refractivity contribution in [1.82, 2.24) is 14.9 Å². The molecule has 1 amide bonds. The molecule has 0 saturated carbocycles. The molecule has 0 bridgehead atoms. The molecule has 3 aromatic carbocycles. The minimum Gasteiger partial charge on any atom is -0.469 e. The number of aromatic nitrogens is 2. The van der Waals surface area contributed by atoms with Crippen LogP contribution in [0.5, 0.6) is 0 Å². The Hall–Kier alpha value is -4.23. The zero-order valence-electron chi connectivity index (χ0n) is 25.1. The number of ether oxygens (including phenoxy) is 1. The predicted molar refractivity (Wildman–Crippen MR) is 173 cm³/mol. The van der Waals surface area contributed by atoms with E-state index in [0.717, 1.165) is 24.8 Å². The van der Waals surface area contributed by atoms with E-state index in [9.17, 15) is 14.2 Å². The molecule has 0 spiro atoms. The van der Waals surface area contributed by atoms with E-state index in [1.54, 1.807) is 18.2 Å². The van der Waals surface area contributed by atoms with Crippen molar-refractivity contribution >= 4 is 41.2 Å². The quantitative estimate of drug-likeness (QED) is 0.0587. The van der Waals surface area contributed by atoms with Gasteiger partial charge in [0.2, 0.25) is 0 Å². The highest BCUT2D eigenvalue weighted by molar-refractivity contribution is 7.71. The van der Waals surface area contributed by atoms with E-state index in [4.69, 9.17) is 16.1 Å². The Balaban J connectivity index is 1.72. The minimum absolute atomic E-state index is 0.0824. The summed E-state index contributed by atoms with van der Waals surface area (Å²) in [4.78, 5) is 29.2. The normalized spacial score (nSPS) is 11.4. The van der Waals surface area contributed by atoms with Crippen molar-refractivity contribution in [3.05, 3.63) is 83.4 Å². The van der Waals surface area contributed by atoms with Gasteiger partial charge >= 0.3 is 5.97 Å². The van der Waals surface area contributed by atoms with Gasteiger partial charge in [0.1, 0.15) is 18.8 Å². The third-order valence-electron chi connectivity index (χ3n) is 7.82. The number of hydrogen-bond acceptors (Lipinski definition) is 6. The standard InChI is InChI=1S/C33H40N5O4P/c1-4-43(41,5-2)25-15-16-26(27(22-25)31(34)35)32-37-28-21-24(33(40)36-19-18-30(39)42-3)14-17-29(28)38(32)20-10-9-13-23-11-7-6-8-12-23/h6-8,11-12,14-17,21-22H,4-5,9-10,13,18-20H2,1-3H3,(H3,34,35)(H,36,40). The van der Waals surface area contributed by atoms with Crippen molar-refractivity contribution in [3.8, 4) is 11.4 Å². The van der Waals surface area contributed by atoms with E-state index in [-0.39, 0.29) is 24.7 Å². The molecule has 0 aliphatic heterocycles. The van der Waals surface area contributed by atoms with E-state index >= 15 is 0 Å². The van der Waals surface area contributed by atoms with E-state index in [1.165, 1.54) is 12.7 Å². The van der Waals surface area contributed by atoms with E-state index in [2.05, 4.69) is 26.8 Å². The number of methoxy groups -OCH3 is 1. The first-order valence-electron chi connectivity index (χ1n) is 14.7. The summed E-state index contributed by atoms with van der Waals surface area (Å²) < 4.78 is 20.3. The molecule has 0 aliphatic rings. The second kappa shape index (κ2) is 14.3. The number of nitrogen functional groups attached to an aromatic ring is 1. The predicted octanol–water partition coefficient (Wildman–Crippen LogP) is 5.33. The van der Waals surface area contributed by atoms with Crippen molar-refractivity contribution in [2.75, 3.05) is 26.0 Å². The number of carbonyl (C=O) groups is 2. The summed E-state index contributed by atoms with van der Waals surface area (Å²) in [5, 5.41) is 11.8. The first-order valence-corrected chi connectivity index (χ1v) is 16.7. The monoisotopic (exact) mass is 601 g/mol. The number of hydrogen-bond donors (Lipinski definition) is 3. The zero-order valence-corrected chi connectivity index (χ0v) is 26.0. The molecule has 4 aromatic rings. The number of carbonyl (C=O) groups excluding carboxylic acids is 2. The summed E-state index contributed by atoms with van der Waals surface area (Å²) in [5.41, 5.74) is 10.4. The molecular weight excluding hydrogens is 561 g/mol. The summed E-state index contributed by atoms with van der Waals surface area (Å²) in [6, 6.07) is 21.2. The summed E-state index contributed by atoms with van der Waals surface area (Å²) in [7, 11) is -1.28. The van der Waals surface area contributed by atoms with E-state index < -0.39 is 13.1 Å². The van der Waals surface area contributed by atoms with Gasteiger partial charge in [-0.2, -0.15) is 0 Å². The Labute approximate surface area is 252 Å². The Morgan fingerprint density at radius 3 is 2.44 bits per heavy atom. The fourth-order valence-electron chi connectivity index (χ4n) is 5.22. The van der Waals surface area contributed by atoms with Gasteiger partial charge in [0.25, 0.3) is 5.91 Å². The van der Waals surface area contributed by atoms with Crippen LogP contribution in [-0.4, -0.2) is 53.2 Å². The fraction of sp³-hybridized carbons (Fsp3) is 0.333. The SMILES string of the molecule is CCP(=O)(CC)c1ccc(-c2nc3cc(C(=O)NCCC(=O)OC)ccc3n2CCCCc2ccccc2)c(C(=N)N)c1. The average molecular weight is 602 g/mol. The van der Waals surface area contributed by atoms with E-state index in [0.29, 0.717) is 52.2 Å². The van der Waals surface area contributed by atoms with Crippen LogP contribution < -0.4 is 16.4 Å². The van der Waals surface area contributed by atoms with Gasteiger partial charge in [-0.05, 0) is 55.2 Å². The number of nitrogens with two attached hydrogens (primary N) is 1. The Morgan fingerprint density at radius 1 is 1.02 bits per heavy atom. The van der Waals surface area contributed by atoms with Crippen molar-refractivity contribution in [2.45, 2.75) is 46.1 Å². The average Bonchev–Trinajstić information content (AvgIpc) is 3.40. The number of imidazole rings is 1. The molecule has 0 saturated heterocycles. The molecular formula is C33H40N5O4P. The molecule has 226 valence electrons. The lowest BCUT2D eigenvalue weighted by Crippen LogP contribution is -2.26. The molecule has 1 heterocycles. The van der Waals surface area contributed by atoms with Crippen molar-refractivity contribution in [2.24, 2.45) is 5.73 Å². The maximum absolute atomic E-state index is 13.5. The number of amides is 1. The first kappa shape index (κ1) is 31.7. The molecule has 0 aliphatic carbocycles. The van der Waals surface area contributed by atoms with Gasteiger partial charge in [0.05, 0.1) is 24.6 Å². The van der Waals surface area contributed by atoms with Gasteiger partial charge in [-0.25, -0.2) is 4.98 Å². The number of unbranched alkanes of at least 4 members (excludes halogenated alkanes) is 1. The third kappa shape index (κ3) is 7.41. The second-order valence-corrected chi connectivity index (χ2v) is 14.0. The van der Waals surface area contributed by atoms with Gasteiger partial charge in [0.15, 0.2) is 0 Å². The molecule has 0 atom stereocenters. The van der Waals surface area contributed by atoms with Gasteiger partial charge in [-0.3, -0.25) is 15.0 Å². The lowest BCUT2D eigenvalue weighted by atomic mass is 10.1. The lowest BCUT2D eigenvalue weighted by molar-refractivity contribution is -0.140. The summed E-state index contributed by atoms with van der Waals surface area (Å²) in [6.45, 7) is 4.68. The fourth-order valence-corrected chi connectivity index (χ4v) is 7.11. The Kier molecular flexibility index (Phi) is 10.5. The van der Waals surface area contributed by atoms with Crippen LogP contribution in [0.15, 0.2) is 66.7 Å². The molecule has 0 fully saturated rings. The minimum atomic E-state index is -2.59. The van der Waals surface area contributed by atoms with E-state index in [1.807, 2.05) is 50.2 Å². The van der Waals surface area contributed by atoms with Crippen molar-refractivity contribution in [3.63, 3.8) is 0 Å². The van der Waals surface area contributed by atoms with Crippen LogP contribution in [0.25, 0.3) is 22.4 Å². The molecule has 0 unspecified atom stereocenters. The Bertz CT molecular complexity index is 1660. The second-order valence-electron chi connectivity index (χ2n) is 10.5. The third-order valence-corrected chi connectivity index (χ3v) is 11.1. The zero-order chi connectivity index (χ0) is 31.0. The maximum atomic E-state index is 13.5. The molecule has 1 aromatic heterocycles. The number of amidine groups is 1. The number of nitrogens with one attached hydrogen (secondary N) is 2. The largest absolute Gasteiger partial charge is 0.469 e. The van der Waals surface area contributed by atoms with Crippen LogP contribution in [0.1, 0.15) is 54.6 Å². The summed E-state index contributed by atoms with van der Waals surface area (Å²) in [6.07, 6.45) is 3.96. The highest BCUT2D eigenvalue weighted by Gasteiger charge is 2.24. The summed E-state index contributed by atoms with van der Waals surface area (Å²) in [5.74, 6) is -0.192. The number of fused-ring (bicyclic) bond motifs is 1. The van der Waals surface area contributed by atoms with Gasteiger partial charge < -0.3 is 24.9 Å². The lowest BCUT2D eigenvalue weighted by Gasteiger charge is -2.18. The van der Waals surface area contributed by atoms with Gasteiger partial charge in [0, 0.05) is 47.4 Å². The topological polar surface area (TPSA) is 140 Å².